The maximum absolute atomic E-state index is 13.9. The molecule has 0 amide bonds. The number of carboxylic acids is 1. The standard InChI is InChI=1S/C37H47NO13/c1-16-23(38)9-12-28(48-16)51-37(4,15-27(40)41)14-19-5-6-21-30(33(19)43)35(45)22-8-7-20(34(44)31(22)36(21)46)26-11-10-25(17(2)47-26)50-29-13-24(39)32(42)18(3)49-29/h5-8,16-18,23-26,28-29,32,39,42-44H,9-15,38H2,1-4H3,(H,40,41)/t16-,17+,18-,23+,24-,25+,26+,28+,29+,32-,37+/m1/s1. The highest BCUT2D eigenvalue weighted by atomic mass is 16.7. The lowest BCUT2D eigenvalue weighted by molar-refractivity contribution is -0.278. The van der Waals surface area contributed by atoms with E-state index in [4.69, 9.17) is 29.4 Å². The summed E-state index contributed by atoms with van der Waals surface area (Å²) in [5.74, 6) is -3.30. The Labute approximate surface area is 295 Å². The van der Waals surface area contributed by atoms with Gasteiger partial charge in [0.05, 0.1) is 59.8 Å². The van der Waals surface area contributed by atoms with Gasteiger partial charge in [-0.1, -0.05) is 12.1 Å². The van der Waals surface area contributed by atoms with Crippen molar-refractivity contribution in [3.8, 4) is 11.5 Å². The average molecular weight is 714 g/mol. The molecule has 2 aromatic carbocycles. The summed E-state index contributed by atoms with van der Waals surface area (Å²) in [6.45, 7) is 6.86. The van der Waals surface area contributed by atoms with Gasteiger partial charge in [0, 0.05) is 35.6 Å². The number of ketones is 2. The number of hydrogen-bond acceptors (Lipinski definition) is 13. The number of aromatic hydroxyl groups is 2. The van der Waals surface area contributed by atoms with Gasteiger partial charge in [-0.2, -0.15) is 0 Å². The van der Waals surface area contributed by atoms with Crippen LogP contribution in [0, 0.1) is 0 Å². The summed E-state index contributed by atoms with van der Waals surface area (Å²) in [6, 6.07) is 5.64. The van der Waals surface area contributed by atoms with Gasteiger partial charge < -0.3 is 55.0 Å². The van der Waals surface area contributed by atoms with Crippen LogP contribution in [0.1, 0.15) is 115 Å². The van der Waals surface area contributed by atoms with E-state index in [2.05, 4.69) is 0 Å². The van der Waals surface area contributed by atoms with Crippen molar-refractivity contribution in [2.75, 3.05) is 0 Å². The Morgan fingerprint density at radius 3 is 2.14 bits per heavy atom. The fraction of sp³-hybridized carbons (Fsp3) is 0.595. The average Bonchev–Trinajstić information content (AvgIpc) is 3.05. The van der Waals surface area contributed by atoms with Crippen molar-refractivity contribution in [1.29, 1.82) is 0 Å². The third-order valence-electron chi connectivity index (χ3n) is 10.6. The zero-order valence-corrected chi connectivity index (χ0v) is 29.1. The van der Waals surface area contributed by atoms with E-state index < -0.39 is 84.5 Å². The van der Waals surface area contributed by atoms with E-state index >= 15 is 0 Å². The SMILES string of the molecule is C[C@@H]1O[C@H](c2ccc3c(c2O)C(=O)c2ccc(C[C@@](C)(CC(=O)O)O[C@H]4CC[C@H](N)[C@@H](C)O4)c(O)c2C3=O)CC[C@@H]1O[C@H]1C[C@@H](O)[C@H](O)[C@@H](C)O1. The lowest BCUT2D eigenvalue weighted by atomic mass is 9.79. The highest BCUT2D eigenvalue weighted by Gasteiger charge is 2.42. The summed E-state index contributed by atoms with van der Waals surface area (Å²) >= 11 is 0. The fourth-order valence-corrected chi connectivity index (χ4v) is 7.68. The fourth-order valence-electron chi connectivity index (χ4n) is 7.68. The monoisotopic (exact) mass is 713 g/mol. The van der Waals surface area contributed by atoms with Gasteiger partial charge in [0.25, 0.3) is 0 Å². The van der Waals surface area contributed by atoms with Crippen LogP contribution in [0.4, 0.5) is 0 Å². The third kappa shape index (κ3) is 7.42. The Hall–Kier alpha value is -3.47. The quantitative estimate of drug-likeness (QED) is 0.188. The van der Waals surface area contributed by atoms with Crippen molar-refractivity contribution in [3.63, 3.8) is 0 Å². The van der Waals surface area contributed by atoms with Crippen LogP contribution in [-0.2, 0) is 34.9 Å². The number of rotatable bonds is 9. The molecule has 6 rings (SSSR count). The second-order valence-electron chi connectivity index (χ2n) is 14.6. The Bertz CT molecular complexity index is 1670. The van der Waals surface area contributed by atoms with Gasteiger partial charge >= 0.3 is 5.97 Å². The molecule has 278 valence electrons. The summed E-state index contributed by atoms with van der Waals surface area (Å²) in [5, 5.41) is 52.7. The first-order valence-corrected chi connectivity index (χ1v) is 17.5. The first-order chi connectivity index (χ1) is 24.1. The van der Waals surface area contributed by atoms with Crippen molar-refractivity contribution >= 4 is 17.5 Å². The molecule has 7 N–H and O–H groups in total. The molecule has 1 aliphatic carbocycles. The summed E-state index contributed by atoms with van der Waals surface area (Å²) in [6.07, 6.45) is -4.23. The number of fused-ring (bicyclic) bond motifs is 2. The van der Waals surface area contributed by atoms with Crippen molar-refractivity contribution in [2.24, 2.45) is 5.73 Å². The zero-order valence-electron chi connectivity index (χ0n) is 29.1. The van der Waals surface area contributed by atoms with Gasteiger partial charge in [-0.3, -0.25) is 14.4 Å². The Balaban J connectivity index is 1.20. The maximum Gasteiger partial charge on any atom is 0.306 e. The molecule has 51 heavy (non-hydrogen) atoms. The van der Waals surface area contributed by atoms with Crippen LogP contribution in [0.5, 0.6) is 11.5 Å². The predicted octanol–water partition coefficient (Wildman–Crippen LogP) is 3.00. The second-order valence-corrected chi connectivity index (χ2v) is 14.6. The molecule has 14 heteroatoms. The van der Waals surface area contributed by atoms with Gasteiger partial charge in [0.15, 0.2) is 24.1 Å². The largest absolute Gasteiger partial charge is 0.507 e. The predicted molar refractivity (Wildman–Crippen MR) is 178 cm³/mol. The molecule has 14 nitrogen and oxygen atoms in total. The lowest BCUT2D eigenvalue weighted by Crippen LogP contribution is -2.49. The smallest absolute Gasteiger partial charge is 0.306 e. The molecule has 3 heterocycles. The number of phenolic OH excluding ortho intramolecular Hbond substituents is 2. The number of aliphatic hydroxyl groups is 2. The number of hydrogen-bond donors (Lipinski definition) is 6. The van der Waals surface area contributed by atoms with Crippen LogP contribution in [0.2, 0.25) is 0 Å². The molecular formula is C37H47NO13. The van der Waals surface area contributed by atoms with E-state index in [1.54, 1.807) is 20.8 Å². The summed E-state index contributed by atoms with van der Waals surface area (Å²) in [5.41, 5.74) is 4.64. The van der Waals surface area contributed by atoms with Crippen molar-refractivity contribution in [3.05, 3.63) is 57.6 Å². The van der Waals surface area contributed by atoms with E-state index in [1.165, 1.54) is 24.3 Å². The van der Waals surface area contributed by atoms with Gasteiger partial charge in [0.1, 0.15) is 17.6 Å². The molecule has 0 unspecified atom stereocenters. The number of phenols is 2. The third-order valence-corrected chi connectivity index (χ3v) is 10.6. The molecule has 4 aliphatic rings. The van der Waals surface area contributed by atoms with Crippen LogP contribution in [-0.4, -0.2) is 104 Å². The number of carboxylic acid groups (broad SMARTS) is 1. The molecule has 0 spiro atoms. The molecule has 11 atom stereocenters. The molecule has 3 saturated heterocycles. The number of carbonyl (C=O) groups is 3. The van der Waals surface area contributed by atoms with Gasteiger partial charge in [-0.25, -0.2) is 0 Å². The van der Waals surface area contributed by atoms with Crippen LogP contribution < -0.4 is 5.73 Å². The maximum atomic E-state index is 13.9. The zero-order chi connectivity index (χ0) is 36.9. The van der Waals surface area contributed by atoms with Crippen LogP contribution >= 0.6 is 0 Å². The van der Waals surface area contributed by atoms with Crippen LogP contribution in [0.3, 0.4) is 0 Å². The Kier molecular flexibility index (Phi) is 10.6. The number of nitrogens with two attached hydrogens (primary N) is 1. The molecule has 2 aromatic rings. The topological polar surface area (TPSA) is 225 Å². The number of aliphatic hydroxyl groups excluding tert-OH is 2. The van der Waals surface area contributed by atoms with Gasteiger partial charge in [0.2, 0.25) is 0 Å². The highest BCUT2D eigenvalue weighted by Crippen LogP contribution is 2.44. The summed E-state index contributed by atoms with van der Waals surface area (Å²) in [7, 11) is 0. The highest BCUT2D eigenvalue weighted by molar-refractivity contribution is 6.30. The van der Waals surface area contributed by atoms with Gasteiger partial charge in [-0.05, 0) is 71.1 Å². The van der Waals surface area contributed by atoms with Crippen molar-refractivity contribution < 1.29 is 63.6 Å². The first-order valence-electron chi connectivity index (χ1n) is 17.5. The van der Waals surface area contributed by atoms with Crippen molar-refractivity contribution in [1.82, 2.24) is 0 Å². The molecule has 3 aliphatic heterocycles. The van der Waals surface area contributed by atoms with E-state index in [9.17, 15) is 39.9 Å². The Morgan fingerprint density at radius 2 is 1.51 bits per heavy atom. The van der Waals surface area contributed by atoms with E-state index in [1.807, 2.05) is 6.92 Å². The van der Waals surface area contributed by atoms with Gasteiger partial charge in [-0.15, -0.1) is 0 Å². The number of benzene rings is 2. The van der Waals surface area contributed by atoms with Crippen molar-refractivity contribution in [2.45, 2.75) is 140 Å². The number of ether oxygens (including phenoxy) is 5. The second kappa shape index (κ2) is 14.5. The van der Waals surface area contributed by atoms with Crippen LogP contribution in [0.15, 0.2) is 24.3 Å². The molecule has 0 saturated carbocycles. The minimum Gasteiger partial charge on any atom is -0.507 e. The molecule has 0 bridgehead atoms. The molecule has 0 aromatic heterocycles. The molecule has 0 radical (unpaired) electrons. The Morgan fingerprint density at radius 1 is 0.863 bits per heavy atom. The normalized spacial score (nSPS) is 33.6. The van der Waals surface area contributed by atoms with E-state index in [0.717, 1.165) is 0 Å². The molecule has 3 fully saturated rings. The summed E-state index contributed by atoms with van der Waals surface area (Å²) < 4.78 is 30.0. The lowest BCUT2D eigenvalue weighted by Gasteiger charge is -2.40. The van der Waals surface area contributed by atoms with Crippen LogP contribution in [0.25, 0.3) is 0 Å². The minimum atomic E-state index is -1.34. The number of carbonyl (C=O) groups excluding carboxylic acids is 2. The van der Waals surface area contributed by atoms with E-state index in [-0.39, 0.29) is 58.6 Å². The summed E-state index contributed by atoms with van der Waals surface area (Å²) in [4.78, 5) is 39.6. The molecular weight excluding hydrogens is 666 g/mol. The number of aliphatic carboxylic acids is 1. The minimum absolute atomic E-state index is 0.0824. The van der Waals surface area contributed by atoms with E-state index in [0.29, 0.717) is 31.2 Å². The first kappa shape index (κ1) is 37.3.